The van der Waals surface area contributed by atoms with Crippen molar-refractivity contribution in [3.63, 3.8) is 0 Å². The second-order valence-corrected chi connectivity index (χ2v) is 3.58. The first-order valence-corrected chi connectivity index (χ1v) is 5.48. The molecular formula is C12H16N4. The van der Waals surface area contributed by atoms with E-state index >= 15 is 0 Å². The van der Waals surface area contributed by atoms with Gasteiger partial charge in [-0.3, -0.25) is 9.67 Å². The monoisotopic (exact) mass is 216 g/mol. The van der Waals surface area contributed by atoms with Crippen LogP contribution in [0.4, 0.5) is 0 Å². The van der Waals surface area contributed by atoms with Crippen molar-refractivity contribution < 1.29 is 0 Å². The Morgan fingerprint density at radius 3 is 2.81 bits per heavy atom. The van der Waals surface area contributed by atoms with E-state index in [9.17, 15) is 0 Å². The lowest BCUT2D eigenvalue weighted by Crippen LogP contribution is -2.11. The quantitative estimate of drug-likeness (QED) is 0.845. The summed E-state index contributed by atoms with van der Waals surface area (Å²) >= 11 is 0. The molecule has 0 radical (unpaired) electrons. The number of nitrogens with one attached hydrogen (secondary N) is 1. The molecule has 1 N–H and O–H groups in total. The van der Waals surface area contributed by atoms with Gasteiger partial charge in [-0.1, -0.05) is 6.07 Å². The fourth-order valence-electron chi connectivity index (χ4n) is 1.69. The number of nitrogens with zero attached hydrogens (tertiary/aromatic N) is 3. The Kier molecular flexibility index (Phi) is 3.31. The Bertz CT molecular complexity index is 447. The molecule has 0 bridgehead atoms. The van der Waals surface area contributed by atoms with E-state index < -0.39 is 0 Å². The smallest absolute Gasteiger partial charge is 0.111 e. The molecule has 0 fully saturated rings. The Labute approximate surface area is 95.3 Å². The van der Waals surface area contributed by atoms with Crippen LogP contribution in [0.2, 0.25) is 0 Å². The summed E-state index contributed by atoms with van der Waals surface area (Å²) in [5.41, 5.74) is 3.05. The van der Waals surface area contributed by atoms with Gasteiger partial charge in [0.25, 0.3) is 0 Å². The number of aromatic nitrogens is 3. The number of hydrogen-bond acceptors (Lipinski definition) is 3. The lowest BCUT2D eigenvalue weighted by atomic mass is 10.2. The summed E-state index contributed by atoms with van der Waals surface area (Å²) in [4.78, 5) is 4.30. The lowest BCUT2D eigenvalue weighted by molar-refractivity contribution is 0.604. The van der Waals surface area contributed by atoms with Gasteiger partial charge in [-0.05, 0) is 32.2 Å². The number of hydrogen-bond donors (Lipinski definition) is 1. The minimum absolute atomic E-state index is 0.827. The zero-order valence-corrected chi connectivity index (χ0v) is 9.64. The van der Waals surface area contributed by atoms with Crippen LogP contribution < -0.4 is 5.32 Å². The van der Waals surface area contributed by atoms with Gasteiger partial charge in [0.1, 0.15) is 5.69 Å². The average molecular weight is 216 g/mol. The molecule has 2 aromatic rings. The first-order chi connectivity index (χ1) is 7.85. The topological polar surface area (TPSA) is 42.7 Å². The van der Waals surface area contributed by atoms with E-state index in [-0.39, 0.29) is 0 Å². The van der Waals surface area contributed by atoms with Gasteiger partial charge in [-0.25, -0.2) is 0 Å². The molecule has 16 heavy (non-hydrogen) atoms. The minimum atomic E-state index is 0.827. The molecular weight excluding hydrogens is 200 g/mol. The van der Waals surface area contributed by atoms with E-state index in [2.05, 4.69) is 28.4 Å². The van der Waals surface area contributed by atoms with Crippen molar-refractivity contribution in [1.29, 1.82) is 0 Å². The van der Waals surface area contributed by atoms with Crippen LogP contribution in [0.3, 0.4) is 0 Å². The second-order valence-electron chi connectivity index (χ2n) is 3.58. The first kappa shape index (κ1) is 10.8. The maximum atomic E-state index is 4.53. The minimum Gasteiger partial charge on any atom is -0.314 e. The molecule has 0 aliphatic rings. The predicted octanol–water partition coefficient (Wildman–Crippen LogP) is 1.68. The summed E-state index contributed by atoms with van der Waals surface area (Å²) < 4.78 is 2.00. The summed E-state index contributed by atoms with van der Waals surface area (Å²) in [6.07, 6.45) is 1.79. The molecule has 0 saturated carbocycles. The van der Waals surface area contributed by atoms with Crippen LogP contribution >= 0.6 is 0 Å². The standard InChI is InChI=1S/C12H16N4/c1-3-16-10(9-13-2)8-12(15-16)11-6-4-5-7-14-11/h4-8,13H,3,9H2,1-2H3. The van der Waals surface area contributed by atoms with Gasteiger partial charge in [0.05, 0.1) is 11.4 Å². The zero-order valence-electron chi connectivity index (χ0n) is 9.64. The highest BCUT2D eigenvalue weighted by atomic mass is 15.3. The molecule has 0 spiro atoms. The molecule has 0 aromatic carbocycles. The SMILES string of the molecule is CCn1nc(-c2ccccn2)cc1CNC. The summed E-state index contributed by atoms with van der Waals surface area (Å²) in [6.45, 7) is 3.80. The van der Waals surface area contributed by atoms with Crippen molar-refractivity contribution in [2.45, 2.75) is 20.0 Å². The fourth-order valence-corrected chi connectivity index (χ4v) is 1.69. The largest absolute Gasteiger partial charge is 0.314 e. The van der Waals surface area contributed by atoms with E-state index in [4.69, 9.17) is 0 Å². The van der Waals surface area contributed by atoms with Crippen molar-refractivity contribution in [3.8, 4) is 11.4 Å². The molecule has 4 nitrogen and oxygen atoms in total. The predicted molar refractivity (Wildman–Crippen MR) is 63.9 cm³/mol. The second kappa shape index (κ2) is 4.90. The van der Waals surface area contributed by atoms with E-state index in [0.29, 0.717) is 0 Å². The van der Waals surface area contributed by atoms with Crippen molar-refractivity contribution in [1.82, 2.24) is 20.1 Å². The summed E-state index contributed by atoms with van der Waals surface area (Å²) in [7, 11) is 1.94. The third-order valence-corrected chi connectivity index (χ3v) is 2.45. The first-order valence-electron chi connectivity index (χ1n) is 5.48. The van der Waals surface area contributed by atoms with Gasteiger partial charge in [0.15, 0.2) is 0 Å². The van der Waals surface area contributed by atoms with Crippen molar-refractivity contribution in [2.24, 2.45) is 0 Å². The Morgan fingerprint density at radius 1 is 1.31 bits per heavy atom. The lowest BCUT2D eigenvalue weighted by Gasteiger charge is -2.01. The molecule has 0 atom stereocenters. The Balaban J connectivity index is 2.36. The average Bonchev–Trinajstić information content (AvgIpc) is 2.74. The van der Waals surface area contributed by atoms with Crippen LogP contribution in [-0.4, -0.2) is 21.8 Å². The molecule has 84 valence electrons. The van der Waals surface area contributed by atoms with Crippen molar-refractivity contribution in [2.75, 3.05) is 7.05 Å². The molecule has 4 heteroatoms. The van der Waals surface area contributed by atoms with E-state index in [0.717, 1.165) is 24.5 Å². The molecule has 0 unspecified atom stereocenters. The highest BCUT2D eigenvalue weighted by Crippen LogP contribution is 2.16. The third kappa shape index (κ3) is 2.12. The van der Waals surface area contributed by atoms with E-state index in [1.54, 1.807) is 6.20 Å². The molecule has 2 aromatic heterocycles. The third-order valence-electron chi connectivity index (χ3n) is 2.45. The van der Waals surface area contributed by atoms with Crippen molar-refractivity contribution >= 4 is 0 Å². The van der Waals surface area contributed by atoms with Gasteiger partial charge in [0.2, 0.25) is 0 Å². The van der Waals surface area contributed by atoms with E-state index in [1.165, 1.54) is 5.69 Å². The maximum absolute atomic E-state index is 4.53. The molecule has 0 aliphatic heterocycles. The summed E-state index contributed by atoms with van der Waals surface area (Å²) in [5, 5.41) is 7.67. The Hall–Kier alpha value is -1.68. The molecule has 0 aliphatic carbocycles. The van der Waals surface area contributed by atoms with Gasteiger partial charge in [0, 0.05) is 19.3 Å². The number of rotatable bonds is 4. The number of aryl methyl sites for hydroxylation is 1. The normalized spacial score (nSPS) is 10.6. The molecule has 0 amide bonds. The fraction of sp³-hybridized carbons (Fsp3) is 0.333. The molecule has 2 heterocycles. The Morgan fingerprint density at radius 2 is 2.19 bits per heavy atom. The van der Waals surface area contributed by atoms with Crippen LogP contribution in [0.5, 0.6) is 0 Å². The van der Waals surface area contributed by atoms with Crippen LogP contribution in [-0.2, 0) is 13.1 Å². The van der Waals surface area contributed by atoms with Crippen LogP contribution in [0.25, 0.3) is 11.4 Å². The highest BCUT2D eigenvalue weighted by Gasteiger charge is 2.08. The van der Waals surface area contributed by atoms with Gasteiger partial charge < -0.3 is 5.32 Å². The summed E-state index contributed by atoms with van der Waals surface area (Å²) in [6, 6.07) is 7.95. The molecule has 2 rings (SSSR count). The van der Waals surface area contributed by atoms with Crippen LogP contribution in [0.15, 0.2) is 30.5 Å². The van der Waals surface area contributed by atoms with Gasteiger partial charge in [-0.15, -0.1) is 0 Å². The number of pyridine rings is 1. The van der Waals surface area contributed by atoms with Crippen LogP contribution in [0, 0.1) is 0 Å². The van der Waals surface area contributed by atoms with Gasteiger partial charge >= 0.3 is 0 Å². The van der Waals surface area contributed by atoms with Crippen molar-refractivity contribution in [3.05, 3.63) is 36.2 Å². The van der Waals surface area contributed by atoms with E-state index in [1.807, 2.05) is 29.9 Å². The van der Waals surface area contributed by atoms with Crippen LogP contribution in [0.1, 0.15) is 12.6 Å². The summed E-state index contributed by atoms with van der Waals surface area (Å²) in [5.74, 6) is 0. The molecule has 0 saturated heterocycles. The highest BCUT2D eigenvalue weighted by molar-refractivity contribution is 5.53. The zero-order chi connectivity index (χ0) is 11.4. The maximum Gasteiger partial charge on any atom is 0.111 e. The van der Waals surface area contributed by atoms with Gasteiger partial charge in [-0.2, -0.15) is 5.10 Å².